The van der Waals surface area contributed by atoms with Crippen molar-refractivity contribution in [3.8, 4) is 39.1 Å². The summed E-state index contributed by atoms with van der Waals surface area (Å²) in [4.78, 5) is 2.30. The third kappa shape index (κ3) is 5.43. The van der Waals surface area contributed by atoms with E-state index in [9.17, 15) is 0 Å². The van der Waals surface area contributed by atoms with E-state index >= 15 is 0 Å². The second-order valence-electron chi connectivity index (χ2n) is 12.6. The molecule has 9 aromatic rings. The van der Waals surface area contributed by atoms with Crippen molar-refractivity contribution >= 4 is 38.9 Å². The highest BCUT2D eigenvalue weighted by molar-refractivity contribution is 6.10. The lowest BCUT2D eigenvalue weighted by Crippen LogP contribution is -2.09. The second kappa shape index (κ2) is 12.8. The standard InChI is InChI=1S/C48H34N2/c1-4-12-35(13-5-1)36-20-22-37(23-21-36)38-24-31-44(32-25-38)50-47-19-11-10-18-45(47)46-34-40(28-33-48(46)50)39-26-29-43(30-27-39)49(41-14-6-2-7-15-41)42-16-8-3-9-17-42/h1-34H. The number of fused-ring (bicyclic) bond motifs is 3. The van der Waals surface area contributed by atoms with Crippen LogP contribution in [0.4, 0.5) is 17.1 Å². The zero-order chi connectivity index (χ0) is 33.3. The molecule has 0 saturated carbocycles. The Morgan fingerprint density at radius 3 is 1.28 bits per heavy atom. The van der Waals surface area contributed by atoms with Gasteiger partial charge in [0.1, 0.15) is 0 Å². The first-order valence-corrected chi connectivity index (χ1v) is 17.1. The lowest BCUT2D eigenvalue weighted by molar-refractivity contribution is 1.18. The number of rotatable bonds is 7. The molecule has 0 aliphatic rings. The van der Waals surface area contributed by atoms with Gasteiger partial charge in [-0.3, -0.25) is 0 Å². The monoisotopic (exact) mass is 638 g/mol. The Morgan fingerprint density at radius 1 is 0.280 bits per heavy atom. The molecule has 2 heteroatoms. The van der Waals surface area contributed by atoms with Crippen molar-refractivity contribution < 1.29 is 0 Å². The molecule has 0 aliphatic carbocycles. The Balaban J connectivity index is 1.05. The third-order valence-corrected chi connectivity index (χ3v) is 9.61. The van der Waals surface area contributed by atoms with Gasteiger partial charge in [-0.1, -0.05) is 140 Å². The van der Waals surface area contributed by atoms with E-state index in [1.165, 1.54) is 55.2 Å². The van der Waals surface area contributed by atoms with Crippen LogP contribution in [0.2, 0.25) is 0 Å². The molecule has 0 bridgehead atoms. The van der Waals surface area contributed by atoms with Crippen LogP contribution in [0.25, 0.3) is 60.9 Å². The number of benzene rings is 8. The SMILES string of the molecule is c1ccc(-c2ccc(-c3ccc(-n4c5ccccc5c5cc(-c6ccc(N(c7ccccc7)c7ccccc7)cc6)ccc54)cc3)cc2)cc1. The second-order valence-corrected chi connectivity index (χ2v) is 12.6. The average Bonchev–Trinajstić information content (AvgIpc) is 3.53. The number of hydrogen-bond acceptors (Lipinski definition) is 1. The van der Waals surface area contributed by atoms with E-state index in [0.717, 1.165) is 22.7 Å². The molecule has 0 atom stereocenters. The molecule has 0 aliphatic heterocycles. The van der Waals surface area contributed by atoms with Gasteiger partial charge in [-0.15, -0.1) is 0 Å². The van der Waals surface area contributed by atoms with Gasteiger partial charge >= 0.3 is 0 Å². The number of nitrogens with zero attached hydrogens (tertiary/aromatic N) is 2. The van der Waals surface area contributed by atoms with Crippen LogP contribution in [0.3, 0.4) is 0 Å². The fraction of sp³-hybridized carbons (Fsp3) is 0. The van der Waals surface area contributed by atoms with Crippen molar-refractivity contribution in [3.63, 3.8) is 0 Å². The summed E-state index contributed by atoms with van der Waals surface area (Å²) in [6.45, 7) is 0. The fourth-order valence-corrected chi connectivity index (χ4v) is 7.12. The molecule has 0 fully saturated rings. The molecule has 9 rings (SSSR count). The minimum atomic E-state index is 1.12. The zero-order valence-corrected chi connectivity index (χ0v) is 27.5. The van der Waals surface area contributed by atoms with E-state index in [0.29, 0.717) is 0 Å². The third-order valence-electron chi connectivity index (χ3n) is 9.61. The van der Waals surface area contributed by atoms with Crippen molar-refractivity contribution in [1.29, 1.82) is 0 Å². The molecular weight excluding hydrogens is 605 g/mol. The van der Waals surface area contributed by atoms with E-state index in [2.05, 4.69) is 216 Å². The van der Waals surface area contributed by atoms with Gasteiger partial charge in [0, 0.05) is 33.5 Å². The number of hydrogen-bond donors (Lipinski definition) is 0. The topological polar surface area (TPSA) is 8.17 Å². The summed E-state index contributed by atoms with van der Waals surface area (Å²) in [7, 11) is 0. The molecule has 0 amide bonds. The fourth-order valence-electron chi connectivity index (χ4n) is 7.12. The van der Waals surface area contributed by atoms with E-state index in [1.54, 1.807) is 0 Å². The molecule has 1 aromatic heterocycles. The highest BCUT2D eigenvalue weighted by atomic mass is 15.1. The number of aromatic nitrogens is 1. The Labute approximate surface area is 292 Å². The number of para-hydroxylation sites is 3. The Morgan fingerprint density at radius 2 is 0.680 bits per heavy atom. The van der Waals surface area contributed by atoms with Crippen molar-refractivity contribution in [3.05, 3.63) is 206 Å². The molecule has 0 unspecified atom stereocenters. The highest BCUT2D eigenvalue weighted by Crippen LogP contribution is 2.38. The van der Waals surface area contributed by atoms with Gasteiger partial charge in [0.05, 0.1) is 11.0 Å². The average molecular weight is 639 g/mol. The van der Waals surface area contributed by atoms with Gasteiger partial charge in [-0.25, -0.2) is 0 Å². The summed E-state index contributed by atoms with van der Waals surface area (Å²) in [5, 5.41) is 2.50. The van der Waals surface area contributed by atoms with Gasteiger partial charge in [0.2, 0.25) is 0 Å². The lowest BCUT2D eigenvalue weighted by atomic mass is 10.0. The zero-order valence-electron chi connectivity index (χ0n) is 27.5. The van der Waals surface area contributed by atoms with Crippen LogP contribution in [0.1, 0.15) is 0 Å². The molecule has 1 heterocycles. The van der Waals surface area contributed by atoms with Gasteiger partial charge in [-0.2, -0.15) is 0 Å². The van der Waals surface area contributed by atoms with Crippen LogP contribution >= 0.6 is 0 Å². The molecule has 0 saturated heterocycles. The predicted octanol–water partition coefficient (Wildman–Crippen LogP) is 13.3. The van der Waals surface area contributed by atoms with Crippen LogP contribution < -0.4 is 4.90 Å². The Kier molecular flexibility index (Phi) is 7.53. The van der Waals surface area contributed by atoms with Gasteiger partial charge < -0.3 is 9.47 Å². The van der Waals surface area contributed by atoms with Gasteiger partial charge in [-0.05, 0) is 100 Å². The first-order valence-electron chi connectivity index (χ1n) is 17.1. The maximum absolute atomic E-state index is 2.39. The van der Waals surface area contributed by atoms with E-state index in [1.807, 2.05) is 0 Å². The smallest absolute Gasteiger partial charge is 0.0541 e. The quantitative estimate of drug-likeness (QED) is 0.169. The Bertz CT molecular complexity index is 2490. The molecule has 0 N–H and O–H groups in total. The Hall–Kier alpha value is -6.64. The van der Waals surface area contributed by atoms with E-state index in [-0.39, 0.29) is 0 Å². The van der Waals surface area contributed by atoms with Crippen LogP contribution in [0, 0.1) is 0 Å². The summed E-state index contributed by atoms with van der Waals surface area (Å²) in [6, 6.07) is 73.9. The predicted molar refractivity (Wildman–Crippen MR) is 212 cm³/mol. The van der Waals surface area contributed by atoms with Crippen molar-refractivity contribution in [2.24, 2.45) is 0 Å². The maximum atomic E-state index is 2.39. The first kappa shape index (κ1) is 29.5. The van der Waals surface area contributed by atoms with E-state index in [4.69, 9.17) is 0 Å². The van der Waals surface area contributed by atoms with Crippen molar-refractivity contribution in [1.82, 2.24) is 4.57 Å². The largest absolute Gasteiger partial charge is 0.311 e. The molecular formula is C48H34N2. The summed E-state index contributed by atoms with van der Waals surface area (Å²) < 4.78 is 2.39. The molecule has 8 aromatic carbocycles. The molecule has 2 nitrogen and oxygen atoms in total. The maximum Gasteiger partial charge on any atom is 0.0541 e. The van der Waals surface area contributed by atoms with Crippen molar-refractivity contribution in [2.45, 2.75) is 0 Å². The molecule has 236 valence electrons. The van der Waals surface area contributed by atoms with Gasteiger partial charge in [0.15, 0.2) is 0 Å². The first-order chi connectivity index (χ1) is 24.8. The summed E-state index contributed by atoms with van der Waals surface area (Å²) >= 11 is 0. The van der Waals surface area contributed by atoms with Crippen LogP contribution in [0.15, 0.2) is 206 Å². The molecule has 0 radical (unpaired) electrons. The van der Waals surface area contributed by atoms with Crippen molar-refractivity contribution in [2.75, 3.05) is 4.90 Å². The summed E-state index contributed by atoms with van der Waals surface area (Å²) in [5.41, 5.74) is 14.2. The summed E-state index contributed by atoms with van der Waals surface area (Å²) in [6.07, 6.45) is 0. The minimum Gasteiger partial charge on any atom is -0.311 e. The van der Waals surface area contributed by atoms with Crippen LogP contribution in [-0.2, 0) is 0 Å². The number of anilines is 3. The molecule has 0 spiro atoms. The molecule has 50 heavy (non-hydrogen) atoms. The normalized spacial score (nSPS) is 11.2. The minimum absolute atomic E-state index is 1.12. The van der Waals surface area contributed by atoms with Crippen LogP contribution in [-0.4, -0.2) is 4.57 Å². The lowest BCUT2D eigenvalue weighted by Gasteiger charge is -2.25. The van der Waals surface area contributed by atoms with Crippen LogP contribution in [0.5, 0.6) is 0 Å². The van der Waals surface area contributed by atoms with E-state index < -0.39 is 0 Å². The highest BCUT2D eigenvalue weighted by Gasteiger charge is 2.15. The van der Waals surface area contributed by atoms with Gasteiger partial charge in [0.25, 0.3) is 0 Å². The summed E-state index contributed by atoms with van der Waals surface area (Å²) in [5.74, 6) is 0.